The molecular formula is C18H19N3. The highest BCUT2D eigenvalue weighted by atomic mass is 15.1. The summed E-state index contributed by atoms with van der Waals surface area (Å²) in [5.74, 6) is 1.17. The molecule has 1 aliphatic carbocycles. The average Bonchev–Trinajstić information content (AvgIpc) is 3.29. The van der Waals surface area contributed by atoms with Crippen LogP contribution in [0.25, 0.3) is 11.0 Å². The molecule has 2 N–H and O–H groups in total. The van der Waals surface area contributed by atoms with Gasteiger partial charge in [0.25, 0.3) is 0 Å². The number of rotatable bonds is 4. The van der Waals surface area contributed by atoms with Crippen molar-refractivity contribution in [2.45, 2.75) is 31.8 Å². The SMILES string of the molecule is NCc1ccc2c(c1)nc(Cc1ccccc1)n2C1CC1. The molecule has 106 valence electrons. The lowest BCUT2D eigenvalue weighted by Crippen LogP contribution is -2.02. The summed E-state index contributed by atoms with van der Waals surface area (Å²) in [5, 5.41) is 0. The number of nitrogens with two attached hydrogens (primary N) is 1. The van der Waals surface area contributed by atoms with Crippen LogP contribution in [0.1, 0.15) is 35.8 Å². The number of aromatic nitrogens is 2. The molecule has 0 aliphatic heterocycles. The second kappa shape index (κ2) is 5.01. The zero-order chi connectivity index (χ0) is 14.2. The monoisotopic (exact) mass is 277 g/mol. The van der Waals surface area contributed by atoms with Gasteiger partial charge in [-0.05, 0) is 36.1 Å². The Kier molecular flexibility index (Phi) is 3.00. The molecule has 0 spiro atoms. The molecule has 3 aromatic rings. The fraction of sp³-hybridized carbons (Fsp3) is 0.278. The summed E-state index contributed by atoms with van der Waals surface area (Å²) in [7, 11) is 0. The van der Waals surface area contributed by atoms with Crippen LogP contribution in [0.15, 0.2) is 48.5 Å². The zero-order valence-electron chi connectivity index (χ0n) is 12.0. The summed E-state index contributed by atoms with van der Waals surface area (Å²) in [6.45, 7) is 0.570. The predicted octanol–water partition coefficient (Wildman–Crippen LogP) is 3.42. The van der Waals surface area contributed by atoms with Crippen LogP contribution in [-0.2, 0) is 13.0 Å². The first-order valence-corrected chi connectivity index (χ1v) is 7.59. The van der Waals surface area contributed by atoms with Gasteiger partial charge in [0, 0.05) is 19.0 Å². The first kappa shape index (κ1) is 12.6. The second-order valence-electron chi connectivity index (χ2n) is 5.82. The minimum atomic E-state index is 0.570. The molecule has 1 aliphatic rings. The number of hydrogen-bond acceptors (Lipinski definition) is 2. The molecule has 0 unspecified atom stereocenters. The van der Waals surface area contributed by atoms with Crippen LogP contribution in [0.5, 0.6) is 0 Å². The van der Waals surface area contributed by atoms with E-state index in [4.69, 9.17) is 10.7 Å². The Morgan fingerprint density at radius 2 is 1.86 bits per heavy atom. The van der Waals surface area contributed by atoms with Crippen LogP contribution < -0.4 is 5.73 Å². The molecule has 0 radical (unpaired) electrons. The summed E-state index contributed by atoms with van der Waals surface area (Å²) in [5.41, 5.74) is 10.5. The van der Waals surface area contributed by atoms with E-state index < -0.39 is 0 Å². The standard InChI is InChI=1S/C18H19N3/c19-12-14-6-9-17-16(10-14)20-18(21(17)15-7-8-15)11-13-4-2-1-3-5-13/h1-6,9-10,15H,7-8,11-12,19H2. The molecule has 1 saturated carbocycles. The van der Waals surface area contributed by atoms with E-state index in [-0.39, 0.29) is 0 Å². The van der Waals surface area contributed by atoms with Crippen molar-refractivity contribution >= 4 is 11.0 Å². The molecule has 0 bridgehead atoms. The predicted molar refractivity (Wildman–Crippen MR) is 85.1 cm³/mol. The number of benzene rings is 2. The number of nitrogens with zero attached hydrogens (tertiary/aromatic N) is 2. The molecule has 3 heteroatoms. The van der Waals surface area contributed by atoms with Crippen LogP contribution in [0.2, 0.25) is 0 Å². The van der Waals surface area contributed by atoms with Crippen molar-refractivity contribution < 1.29 is 0 Å². The van der Waals surface area contributed by atoms with E-state index in [1.807, 2.05) is 0 Å². The van der Waals surface area contributed by atoms with E-state index in [0.717, 1.165) is 17.5 Å². The van der Waals surface area contributed by atoms with Gasteiger partial charge in [-0.1, -0.05) is 36.4 Å². The van der Waals surface area contributed by atoms with Gasteiger partial charge in [0.1, 0.15) is 5.82 Å². The van der Waals surface area contributed by atoms with Gasteiger partial charge in [-0.15, -0.1) is 0 Å². The van der Waals surface area contributed by atoms with Gasteiger partial charge >= 0.3 is 0 Å². The molecule has 1 fully saturated rings. The lowest BCUT2D eigenvalue weighted by Gasteiger charge is -2.07. The van der Waals surface area contributed by atoms with Gasteiger partial charge < -0.3 is 10.3 Å². The van der Waals surface area contributed by atoms with E-state index in [9.17, 15) is 0 Å². The summed E-state index contributed by atoms with van der Waals surface area (Å²) < 4.78 is 2.43. The maximum absolute atomic E-state index is 5.75. The van der Waals surface area contributed by atoms with Gasteiger partial charge in [-0.3, -0.25) is 0 Å². The topological polar surface area (TPSA) is 43.8 Å². The van der Waals surface area contributed by atoms with E-state index in [0.29, 0.717) is 12.6 Å². The van der Waals surface area contributed by atoms with Crippen molar-refractivity contribution in [3.05, 3.63) is 65.5 Å². The van der Waals surface area contributed by atoms with Crippen LogP contribution in [-0.4, -0.2) is 9.55 Å². The Bertz CT molecular complexity index is 770. The molecule has 0 saturated heterocycles. The highest BCUT2D eigenvalue weighted by molar-refractivity contribution is 5.77. The fourth-order valence-corrected chi connectivity index (χ4v) is 2.96. The summed E-state index contributed by atoms with van der Waals surface area (Å²) in [6, 6.07) is 17.6. The van der Waals surface area contributed by atoms with E-state index in [1.165, 1.54) is 29.7 Å². The first-order chi connectivity index (χ1) is 10.3. The third-order valence-electron chi connectivity index (χ3n) is 4.18. The summed E-state index contributed by atoms with van der Waals surface area (Å²) >= 11 is 0. The number of hydrogen-bond donors (Lipinski definition) is 1. The maximum atomic E-state index is 5.75. The van der Waals surface area contributed by atoms with Gasteiger partial charge in [-0.25, -0.2) is 4.98 Å². The zero-order valence-corrected chi connectivity index (χ0v) is 12.0. The highest BCUT2D eigenvalue weighted by Gasteiger charge is 2.28. The van der Waals surface area contributed by atoms with Crippen molar-refractivity contribution in [1.29, 1.82) is 0 Å². The van der Waals surface area contributed by atoms with Crippen molar-refractivity contribution in [2.24, 2.45) is 5.73 Å². The van der Waals surface area contributed by atoms with Gasteiger partial charge in [0.05, 0.1) is 11.0 Å². The minimum absolute atomic E-state index is 0.570. The van der Waals surface area contributed by atoms with Gasteiger partial charge in [0.15, 0.2) is 0 Å². The van der Waals surface area contributed by atoms with Crippen molar-refractivity contribution in [1.82, 2.24) is 9.55 Å². The second-order valence-corrected chi connectivity index (χ2v) is 5.82. The minimum Gasteiger partial charge on any atom is -0.326 e. The van der Waals surface area contributed by atoms with E-state index >= 15 is 0 Å². The third-order valence-corrected chi connectivity index (χ3v) is 4.18. The Morgan fingerprint density at radius 1 is 1.05 bits per heavy atom. The van der Waals surface area contributed by atoms with E-state index in [2.05, 4.69) is 53.1 Å². The third kappa shape index (κ3) is 2.34. The van der Waals surface area contributed by atoms with Crippen LogP contribution in [0.3, 0.4) is 0 Å². The summed E-state index contributed by atoms with van der Waals surface area (Å²) in [4.78, 5) is 4.89. The van der Waals surface area contributed by atoms with Gasteiger partial charge in [0.2, 0.25) is 0 Å². The molecule has 2 aromatic carbocycles. The molecule has 1 aromatic heterocycles. The number of imidazole rings is 1. The van der Waals surface area contributed by atoms with Crippen molar-refractivity contribution in [2.75, 3.05) is 0 Å². The molecule has 0 atom stereocenters. The van der Waals surface area contributed by atoms with E-state index in [1.54, 1.807) is 0 Å². The molecule has 4 rings (SSSR count). The van der Waals surface area contributed by atoms with Crippen LogP contribution in [0, 0.1) is 0 Å². The lowest BCUT2D eigenvalue weighted by molar-refractivity contribution is 0.715. The van der Waals surface area contributed by atoms with Crippen molar-refractivity contribution in [3.8, 4) is 0 Å². The van der Waals surface area contributed by atoms with Crippen LogP contribution >= 0.6 is 0 Å². The molecule has 0 amide bonds. The Balaban J connectivity index is 1.81. The van der Waals surface area contributed by atoms with Crippen LogP contribution in [0.4, 0.5) is 0 Å². The normalized spacial score (nSPS) is 14.7. The lowest BCUT2D eigenvalue weighted by atomic mass is 10.1. The molecular weight excluding hydrogens is 258 g/mol. The Morgan fingerprint density at radius 3 is 2.57 bits per heavy atom. The van der Waals surface area contributed by atoms with Gasteiger partial charge in [-0.2, -0.15) is 0 Å². The fourth-order valence-electron chi connectivity index (χ4n) is 2.96. The van der Waals surface area contributed by atoms with Crippen molar-refractivity contribution in [3.63, 3.8) is 0 Å². The Hall–Kier alpha value is -2.13. The maximum Gasteiger partial charge on any atom is 0.114 e. The molecule has 1 heterocycles. The average molecular weight is 277 g/mol. The molecule has 21 heavy (non-hydrogen) atoms. The quantitative estimate of drug-likeness (QED) is 0.794. The first-order valence-electron chi connectivity index (χ1n) is 7.59. The Labute approximate surface area is 124 Å². The highest BCUT2D eigenvalue weighted by Crippen LogP contribution is 2.39. The molecule has 3 nitrogen and oxygen atoms in total. The largest absolute Gasteiger partial charge is 0.326 e. The summed E-state index contributed by atoms with van der Waals surface area (Å²) in [6.07, 6.45) is 3.43. The number of fused-ring (bicyclic) bond motifs is 1. The smallest absolute Gasteiger partial charge is 0.114 e.